The van der Waals surface area contributed by atoms with Crippen molar-refractivity contribution < 1.29 is 4.21 Å². The summed E-state index contributed by atoms with van der Waals surface area (Å²) in [5, 5.41) is 0.634. The molecule has 0 radical (unpaired) electrons. The molecule has 3 aromatic rings. The lowest BCUT2D eigenvalue weighted by molar-refractivity contribution is 0.478. The van der Waals surface area contributed by atoms with Crippen LogP contribution >= 0.6 is 11.6 Å². The third kappa shape index (κ3) is 4.52. The number of rotatable bonds is 3. The summed E-state index contributed by atoms with van der Waals surface area (Å²) in [6, 6.07) is 25.1. The molecular formula is C28H29ClN2OS. The molecule has 170 valence electrons. The molecule has 0 aliphatic heterocycles. The van der Waals surface area contributed by atoms with E-state index in [9.17, 15) is 4.21 Å². The quantitative estimate of drug-likeness (QED) is 0.441. The molecule has 0 spiro atoms. The normalized spacial score (nSPS) is 19.8. The highest BCUT2D eigenvalue weighted by Gasteiger charge is 2.26. The molecule has 5 heteroatoms. The second-order valence-corrected chi connectivity index (χ2v) is 11.4. The second kappa shape index (κ2) is 9.46. The van der Waals surface area contributed by atoms with E-state index in [0.29, 0.717) is 9.92 Å². The fourth-order valence-electron chi connectivity index (χ4n) is 5.16. The van der Waals surface area contributed by atoms with E-state index in [1.165, 1.54) is 33.4 Å². The zero-order chi connectivity index (χ0) is 22.8. The van der Waals surface area contributed by atoms with Crippen LogP contribution in [0.2, 0.25) is 5.02 Å². The monoisotopic (exact) mass is 476 g/mol. The van der Waals surface area contributed by atoms with E-state index < -0.39 is 9.92 Å². The Balaban J connectivity index is 1.44. The lowest BCUT2D eigenvalue weighted by Crippen LogP contribution is -2.36. The van der Waals surface area contributed by atoms with Crippen LogP contribution in [0.25, 0.3) is 5.57 Å². The van der Waals surface area contributed by atoms with Gasteiger partial charge in [0.25, 0.3) is 0 Å². The van der Waals surface area contributed by atoms with Crippen LogP contribution in [0.3, 0.4) is 0 Å². The summed E-state index contributed by atoms with van der Waals surface area (Å²) in [4.78, 5) is 0.685. The van der Waals surface area contributed by atoms with E-state index in [-0.39, 0.29) is 6.04 Å². The second-order valence-electron chi connectivity index (χ2n) is 8.85. The zero-order valence-electron chi connectivity index (χ0n) is 18.9. The number of benzene rings is 3. The zero-order valence-corrected chi connectivity index (χ0v) is 20.5. The van der Waals surface area contributed by atoms with Crippen LogP contribution in [0.5, 0.6) is 0 Å². The average molecular weight is 477 g/mol. The van der Waals surface area contributed by atoms with Gasteiger partial charge in [0.1, 0.15) is 9.92 Å². The van der Waals surface area contributed by atoms with Gasteiger partial charge in [-0.1, -0.05) is 65.7 Å². The van der Waals surface area contributed by atoms with Crippen molar-refractivity contribution in [3.8, 4) is 0 Å². The van der Waals surface area contributed by atoms with Crippen LogP contribution in [0.1, 0.15) is 47.9 Å². The molecule has 33 heavy (non-hydrogen) atoms. The highest BCUT2D eigenvalue weighted by atomic mass is 35.5. The van der Waals surface area contributed by atoms with Crippen LogP contribution in [0, 0.1) is 0 Å². The molecule has 1 atom stereocenters. The molecular weight excluding hydrogens is 448 g/mol. The molecule has 0 aromatic heterocycles. The number of aryl methyl sites for hydroxylation is 2. The molecule has 5 rings (SSSR count). The van der Waals surface area contributed by atoms with E-state index >= 15 is 0 Å². The Morgan fingerprint density at radius 1 is 0.818 bits per heavy atom. The van der Waals surface area contributed by atoms with Crippen molar-refractivity contribution in [3.05, 3.63) is 106 Å². The first kappa shape index (κ1) is 22.4. The van der Waals surface area contributed by atoms with Gasteiger partial charge in [-0.2, -0.15) is 0 Å². The van der Waals surface area contributed by atoms with Gasteiger partial charge >= 0.3 is 0 Å². The van der Waals surface area contributed by atoms with Gasteiger partial charge < -0.3 is 0 Å². The van der Waals surface area contributed by atoms with Crippen LogP contribution in [0.4, 0.5) is 0 Å². The Hall–Kier alpha value is -2.40. The minimum atomic E-state index is -2.67. The summed E-state index contributed by atoms with van der Waals surface area (Å²) in [7, 11) is -1.04. The number of fused-ring (bicyclic) bond motifs is 2. The minimum absolute atomic E-state index is 0.164. The van der Waals surface area contributed by atoms with E-state index in [1.807, 2.05) is 0 Å². The van der Waals surface area contributed by atoms with Gasteiger partial charge in [-0.05, 0) is 90.6 Å². The standard InChI is InChI=1S/C28H29ClN2OS/c1-30-33(32,25-18-14-23(29)15-19-25)31-24-16-12-22(13-17-24)28-26-8-4-2-6-20(26)10-11-21-7-3-5-9-27(21)28/h2-9,14-15,18-19,24H,10-13,16-17H2,1H3,(H,30,31,32). The molecule has 2 aliphatic carbocycles. The van der Waals surface area contributed by atoms with Crippen LogP contribution in [-0.4, -0.2) is 17.3 Å². The topological polar surface area (TPSA) is 41.5 Å². The van der Waals surface area contributed by atoms with Gasteiger partial charge in [0, 0.05) is 18.1 Å². The van der Waals surface area contributed by atoms with Crippen molar-refractivity contribution in [2.24, 2.45) is 4.36 Å². The molecule has 0 bridgehead atoms. The van der Waals surface area contributed by atoms with E-state index in [2.05, 4.69) is 57.6 Å². The number of allylic oxidation sites excluding steroid dienone is 1. The summed E-state index contributed by atoms with van der Waals surface area (Å²) in [5.74, 6) is 0. The van der Waals surface area contributed by atoms with Crippen molar-refractivity contribution in [3.63, 3.8) is 0 Å². The number of halogens is 1. The Morgan fingerprint density at radius 3 is 1.91 bits per heavy atom. The third-order valence-corrected chi connectivity index (χ3v) is 9.23. The SMILES string of the molecule is CN=S(=O)(NC1CCC(=C2c3ccccc3CCc3ccccc32)CC1)c1ccc(Cl)cc1. The summed E-state index contributed by atoms with van der Waals surface area (Å²) in [5.41, 5.74) is 8.59. The van der Waals surface area contributed by atoms with Crippen LogP contribution in [0.15, 0.2) is 87.6 Å². The highest BCUT2D eigenvalue weighted by Crippen LogP contribution is 2.40. The molecule has 2 aliphatic rings. The van der Waals surface area contributed by atoms with Crippen LogP contribution < -0.4 is 4.72 Å². The van der Waals surface area contributed by atoms with Gasteiger partial charge in [-0.3, -0.25) is 0 Å². The van der Waals surface area contributed by atoms with E-state index in [1.54, 1.807) is 31.3 Å². The molecule has 1 unspecified atom stereocenters. The van der Waals surface area contributed by atoms with Gasteiger partial charge in [0.05, 0.1) is 4.90 Å². The molecule has 0 heterocycles. The summed E-state index contributed by atoms with van der Waals surface area (Å²) < 4.78 is 21.2. The smallest absolute Gasteiger partial charge is 0.137 e. The molecule has 0 saturated heterocycles. The maximum atomic E-state index is 13.6. The lowest BCUT2D eigenvalue weighted by atomic mass is 9.82. The maximum absolute atomic E-state index is 13.6. The fourth-order valence-corrected chi connectivity index (χ4v) is 6.94. The number of nitrogens with zero attached hydrogens (tertiary/aromatic N) is 1. The molecule has 1 N–H and O–H groups in total. The molecule has 0 amide bonds. The van der Waals surface area contributed by atoms with E-state index in [0.717, 1.165) is 38.5 Å². The summed E-state index contributed by atoms with van der Waals surface area (Å²) >= 11 is 6.02. The van der Waals surface area contributed by atoms with Crippen molar-refractivity contribution in [1.82, 2.24) is 4.72 Å². The fraction of sp³-hybridized carbons (Fsp3) is 0.286. The number of hydrogen-bond acceptors (Lipinski definition) is 2. The molecule has 3 nitrogen and oxygen atoms in total. The van der Waals surface area contributed by atoms with Gasteiger partial charge in [-0.25, -0.2) is 13.3 Å². The molecule has 1 saturated carbocycles. The largest absolute Gasteiger partial charge is 0.229 e. The first-order valence-electron chi connectivity index (χ1n) is 11.6. The number of nitrogens with one attached hydrogen (secondary N) is 1. The van der Waals surface area contributed by atoms with Gasteiger partial charge in [0.2, 0.25) is 0 Å². The number of hydrogen-bond donors (Lipinski definition) is 1. The summed E-state index contributed by atoms with van der Waals surface area (Å²) in [6.45, 7) is 0. The lowest BCUT2D eigenvalue weighted by Gasteiger charge is -2.29. The van der Waals surface area contributed by atoms with Crippen LogP contribution in [-0.2, 0) is 22.8 Å². The van der Waals surface area contributed by atoms with Crippen molar-refractivity contribution in [2.45, 2.75) is 49.5 Å². The molecule has 1 fully saturated rings. The predicted octanol–water partition coefficient (Wildman–Crippen LogP) is 6.84. The predicted molar refractivity (Wildman–Crippen MR) is 138 cm³/mol. The minimum Gasteiger partial charge on any atom is -0.229 e. The van der Waals surface area contributed by atoms with Gasteiger partial charge in [0.15, 0.2) is 0 Å². The Bertz CT molecular complexity index is 1260. The van der Waals surface area contributed by atoms with Gasteiger partial charge in [-0.15, -0.1) is 0 Å². The van der Waals surface area contributed by atoms with Crippen molar-refractivity contribution in [2.75, 3.05) is 7.05 Å². The highest BCUT2D eigenvalue weighted by molar-refractivity contribution is 7.91. The van der Waals surface area contributed by atoms with E-state index in [4.69, 9.17) is 11.6 Å². The summed E-state index contributed by atoms with van der Waals surface area (Å²) in [6.07, 6.45) is 6.04. The maximum Gasteiger partial charge on any atom is 0.137 e. The Labute approximate surface area is 202 Å². The van der Waals surface area contributed by atoms with Crippen molar-refractivity contribution >= 4 is 27.1 Å². The average Bonchev–Trinajstić information content (AvgIpc) is 3.02. The third-order valence-electron chi connectivity index (χ3n) is 6.90. The Kier molecular flexibility index (Phi) is 6.42. The van der Waals surface area contributed by atoms with Crippen molar-refractivity contribution in [1.29, 1.82) is 0 Å². The first-order chi connectivity index (χ1) is 16.1. The first-order valence-corrected chi connectivity index (χ1v) is 13.5. The Morgan fingerprint density at radius 2 is 1.36 bits per heavy atom. The molecule has 3 aromatic carbocycles.